The zero-order valence-corrected chi connectivity index (χ0v) is 17.0. The molecule has 2 aromatic carbocycles. The number of benzene rings is 2. The highest BCUT2D eigenvalue weighted by Crippen LogP contribution is 2.29. The van der Waals surface area contributed by atoms with E-state index in [0.29, 0.717) is 29.8 Å². The van der Waals surface area contributed by atoms with E-state index in [1.54, 1.807) is 6.07 Å². The number of urea groups is 1. The number of aryl methyl sites for hydroxylation is 1. The molecule has 150 valence electrons. The Labute approximate surface area is 174 Å². The van der Waals surface area contributed by atoms with Crippen molar-refractivity contribution >= 4 is 23.3 Å². The van der Waals surface area contributed by atoms with Crippen LogP contribution in [0.15, 0.2) is 53.1 Å². The average Bonchev–Trinajstić information content (AvgIpc) is 3.25. The molecule has 0 saturated carbocycles. The van der Waals surface area contributed by atoms with Gasteiger partial charge in [0.2, 0.25) is 11.7 Å². The molecule has 29 heavy (non-hydrogen) atoms. The summed E-state index contributed by atoms with van der Waals surface area (Å²) < 4.78 is 5.52. The topological polar surface area (TPSA) is 71.3 Å². The molecule has 3 aromatic rings. The van der Waals surface area contributed by atoms with Gasteiger partial charge in [-0.3, -0.25) is 0 Å². The van der Waals surface area contributed by atoms with Crippen LogP contribution >= 0.6 is 11.6 Å². The third kappa shape index (κ3) is 4.43. The van der Waals surface area contributed by atoms with Crippen LogP contribution in [0, 0.1) is 0 Å². The Bertz CT molecular complexity index is 1000. The maximum Gasteiger partial charge on any atom is 0.321 e. The molecule has 2 heterocycles. The lowest BCUT2D eigenvalue weighted by molar-refractivity contribution is 0.184. The van der Waals surface area contributed by atoms with Gasteiger partial charge in [-0.05, 0) is 43.0 Å². The Morgan fingerprint density at radius 1 is 1.28 bits per heavy atom. The minimum Gasteiger partial charge on any atom is -0.339 e. The maximum atomic E-state index is 12.8. The van der Waals surface area contributed by atoms with E-state index in [-0.39, 0.29) is 11.9 Å². The van der Waals surface area contributed by atoms with Crippen molar-refractivity contribution in [1.29, 1.82) is 0 Å². The van der Waals surface area contributed by atoms with Crippen LogP contribution in [0.5, 0.6) is 0 Å². The van der Waals surface area contributed by atoms with Gasteiger partial charge in [0.1, 0.15) is 0 Å². The summed E-state index contributed by atoms with van der Waals surface area (Å²) in [6.45, 7) is 3.35. The number of nitrogens with one attached hydrogen (secondary N) is 1. The number of carbonyl (C=O) groups excluding carboxylic acids is 1. The summed E-state index contributed by atoms with van der Waals surface area (Å²) in [5, 5.41) is 7.77. The van der Waals surface area contributed by atoms with E-state index in [2.05, 4.69) is 22.4 Å². The van der Waals surface area contributed by atoms with Crippen LogP contribution in [0.4, 0.5) is 10.5 Å². The van der Waals surface area contributed by atoms with Crippen LogP contribution in [-0.4, -0.2) is 34.2 Å². The first kappa shape index (κ1) is 19.5. The van der Waals surface area contributed by atoms with Crippen molar-refractivity contribution in [1.82, 2.24) is 15.0 Å². The molecule has 1 fully saturated rings. The molecule has 1 N–H and O–H groups in total. The number of rotatable bonds is 4. The van der Waals surface area contributed by atoms with Gasteiger partial charge in [0.25, 0.3) is 0 Å². The number of halogens is 1. The Morgan fingerprint density at radius 3 is 2.97 bits per heavy atom. The molecule has 1 atom stereocenters. The van der Waals surface area contributed by atoms with Crippen LogP contribution < -0.4 is 5.32 Å². The molecule has 1 aromatic heterocycles. The largest absolute Gasteiger partial charge is 0.339 e. The van der Waals surface area contributed by atoms with E-state index < -0.39 is 0 Å². The summed E-state index contributed by atoms with van der Waals surface area (Å²) in [5.41, 5.74) is 2.80. The fourth-order valence-electron chi connectivity index (χ4n) is 3.65. The van der Waals surface area contributed by atoms with Crippen LogP contribution in [0.1, 0.15) is 37.1 Å². The molecule has 1 saturated heterocycles. The number of hydrogen-bond donors (Lipinski definition) is 1. The molecule has 0 bridgehead atoms. The van der Waals surface area contributed by atoms with Gasteiger partial charge in [-0.2, -0.15) is 4.98 Å². The van der Waals surface area contributed by atoms with Crippen LogP contribution in [0.25, 0.3) is 11.4 Å². The number of amides is 2. The monoisotopic (exact) mass is 410 g/mol. The van der Waals surface area contributed by atoms with E-state index in [9.17, 15) is 4.79 Å². The number of carbonyl (C=O) groups is 1. The van der Waals surface area contributed by atoms with Crippen molar-refractivity contribution in [2.45, 2.75) is 32.1 Å². The number of para-hydroxylation sites is 1. The van der Waals surface area contributed by atoms with Gasteiger partial charge in [-0.1, -0.05) is 54.0 Å². The molecular formula is C22H23ClN4O2. The van der Waals surface area contributed by atoms with Crippen molar-refractivity contribution in [2.75, 3.05) is 18.4 Å². The predicted molar refractivity (Wildman–Crippen MR) is 113 cm³/mol. The molecule has 2 amide bonds. The number of anilines is 1. The molecule has 0 aliphatic carbocycles. The first-order valence-corrected chi connectivity index (χ1v) is 10.2. The molecule has 1 aliphatic heterocycles. The quantitative estimate of drug-likeness (QED) is 0.628. The fraction of sp³-hybridized carbons (Fsp3) is 0.318. The third-order valence-corrected chi connectivity index (χ3v) is 5.46. The zero-order valence-electron chi connectivity index (χ0n) is 16.3. The van der Waals surface area contributed by atoms with Gasteiger partial charge in [0.05, 0.1) is 5.92 Å². The summed E-state index contributed by atoms with van der Waals surface area (Å²) in [7, 11) is 0. The molecule has 6 nitrogen and oxygen atoms in total. The van der Waals surface area contributed by atoms with Crippen LogP contribution in [0.2, 0.25) is 5.02 Å². The highest BCUT2D eigenvalue weighted by molar-refractivity contribution is 6.30. The normalized spacial score (nSPS) is 16.6. The number of likely N-dealkylation sites (tertiary alicyclic amines) is 1. The van der Waals surface area contributed by atoms with Crippen LogP contribution in [0.3, 0.4) is 0 Å². The van der Waals surface area contributed by atoms with Crippen molar-refractivity contribution in [3.8, 4) is 11.4 Å². The highest BCUT2D eigenvalue weighted by atomic mass is 35.5. The highest BCUT2D eigenvalue weighted by Gasteiger charge is 2.29. The van der Waals surface area contributed by atoms with E-state index in [1.807, 2.05) is 47.4 Å². The summed E-state index contributed by atoms with van der Waals surface area (Å²) in [6, 6.07) is 15.2. The number of piperidine rings is 1. The molecule has 1 unspecified atom stereocenters. The van der Waals surface area contributed by atoms with Gasteiger partial charge in [-0.25, -0.2) is 4.79 Å². The van der Waals surface area contributed by atoms with Crippen molar-refractivity contribution < 1.29 is 9.32 Å². The zero-order chi connectivity index (χ0) is 20.2. The summed E-state index contributed by atoms with van der Waals surface area (Å²) in [4.78, 5) is 19.2. The van der Waals surface area contributed by atoms with Crippen molar-refractivity contribution in [3.05, 3.63) is 65.0 Å². The second kappa shape index (κ2) is 8.66. The first-order chi connectivity index (χ1) is 14.1. The van der Waals surface area contributed by atoms with Crippen molar-refractivity contribution in [2.24, 2.45) is 0 Å². The van der Waals surface area contributed by atoms with E-state index in [1.165, 1.54) is 0 Å². The Hall–Kier alpha value is -2.86. The van der Waals surface area contributed by atoms with Gasteiger partial charge < -0.3 is 14.7 Å². The molecule has 4 rings (SSSR count). The molecule has 0 radical (unpaired) electrons. The first-order valence-electron chi connectivity index (χ1n) is 9.87. The molecular weight excluding hydrogens is 388 g/mol. The van der Waals surface area contributed by atoms with Crippen LogP contribution in [-0.2, 0) is 6.42 Å². The van der Waals surface area contributed by atoms with Gasteiger partial charge >= 0.3 is 6.03 Å². The fourth-order valence-corrected chi connectivity index (χ4v) is 3.84. The van der Waals surface area contributed by atoms with E-state index in [4.69, 9.17) is 16.1 Å². The van der Waals surface area contributed by atoms with Gasteiger partial charge in [0.15, 0.2) is 0 Å². The van der Waals surface area contributed by atoms with E-state index >= 15 is 0 Å². The lowest BCUT2D eigenvalue weighted by Crippen LogP contribution is -2.41. The van der Waals surface area contributed by atoms with Gasteiger partial charge in [0, 0.05) is 29.4 Å². The number of aromatic nitrogens is 2. The molecule has 0 spiro atoms. The summed E-state index contributed by atoms with van der Waals surface area (Å²) >= 11 is 6.05. The Kier molecular flexibility index (Phi) is 5.81. The second-order valence-corrected chi connectivity index (χ2v) is 7.63. The predicted octanol–water partition coefficient (Wildman–Crippen LogP) is 5.36. The number of nitrogens with zero attached hydrogens (tertiary/aromatic N) is 3. The lowest BCUT2D eigenvalue weighted by atomic mass is 9.98. The number of hydrogen-bond acceptors (Lipinski definition) is 4. The Balaban J connectivity index is 1.45. The maximum absolute atomic E-state index is 12.8. The lowest BCUT2D eigenvalue weighted by Gasteiger charge is -2.31. The minimum absolute atomic E-state index is 0.0244. The minimum atomic E-state index is -0.0924. The average molecular weight is 411 g/mol. The second-order valence-electron chi connectivity index (χ2n) is 7.19. The van der Waals surface area contributed by atoms with E-state index in [0.717, 1.165) is 36.1 Å². The standard InChI is InChI=1S/C22H23ClN4O2/c1-2-15-7-3-4-11-19(15)24-22(28)27-12-6-9-17(14-27)21-25-20(26-29-21)16-8-5-10-18(23)13-16/h3-5,7-8,10-11,13,17H,2,6,9,12,14H2,1H3,(H,24,28). The smallest absolute Gasteiger partial charge is 0.321 e. The van der Waals surface area contributed by atoms with Gasteiger partial charge in [-0.15, -0.1) is 0 Å². The Morgan fingerprint density at radius 2 is 2.14 bits per heavy atom. The SMILES string of the molecule is CCc1ccccc1NC(=O)N1CCCC(c2nc(-c3cccc(Cl)c3)no2)C1. The summed E-state index contributed by atoms with van der Waals surface area (Å²) in [5.74, 6) is 1.10. The third-order valence-electron chi connectivity index (χ3n) is 5.22. The molecule has 7 heteroatoms. The van der Waals surface area contributed by atoms with Crippen molar-refractivity contribution in [3.63, 3.8) is 0 Å². The molecule has 1 aliphatic rings. The summed E-state index contributed by atoms with van der Waals surface area (Å²) in [6.07, 6.45) is 2.67.